The Balaban J connectivity index is 1.64. The molecule has 0 amide bonds. The normalized spacial score (nSPS) is 22.9. The molecule has 1 aromatic heterocycles. The van der Waals surface area contributed by atoms with E-state index in [4.69, 9.17) is 11.6 Å². The summed E-state index contributed by atoms with van der Waals surface area (Å²) in [6, 6.07) is 8.62. The number of benzene rings is 1. The molecule has 2 aromatic rings. The number of aromatic nitrogens is 1. The van der Waals surface area contributed by atoms with Crippen molar-refractivity contribution in [1.82, 2.24) is 9.88 Å². The number of hydrogen-bond donors (Lipinski definition) is 1. The van der Waals surface area contributed by atoms with Crippen molar-refractivity contribution in [2.24, 2.45) is 5.92 Å². The molecular weight excluding hydrogens is 294 g/mol. The van der Waals surface area contributed by atoms with E-state index in [1.165, 1.54) is 19.4 Å². The molecular formula is C18H24ClN3. The monoisotopic (exact) mass is 317 g/mol. The zero-order chi connectivity index (χ0) is 15.5. The fraction of sp³-hybridized carbons (Fsp3) is 0.500. The Morgan fingerprint density at radius 3 is 3.00 bits per heavy atom. The van der Waals surface area contributed by atoms with Crippen molar-refractivity contribution in [3.63, 3.8) is 0 Å². The number of pyridine rings is 1. The van der Waals surface area contributed by atoms with Crippen molar-refractivity contribution in [3.05, 3.63) is 35.5 Å². The van der Waals surface area contributed by atoms with Crippen LogP contribution in [0, 0.1) is 5.92 Å². The van der Waals surface area contributed by atoms with Crippen LogP contribution in [0.15, 0.2) is 30.5 Å². The van der Waals surface area contributed by atoms with Gasteiger partial charge in [0.1, 0.15) is 0 Å². The van der Waals surface area contributed by atoms with Gasteiger partial charge in [-0.05, 0) is 49.9 Å². The highest BCUT2D eigenvalue weighted by atomic mass is 35.5. The highest BCUT2D eigenvalue weighted by Gasteiger charge is 2.22. The molecule has 1 aliphatic rings. The number of anilines is 1. The van der Waals surface area contributed by atoms with Gasteiger partial charge in [-0.25, -0.2) is 0 Å². The average Bonchev–Trinajstić information content (AvgIpc) is 2.50. The molecule has 0 spiro atoms. The topological polar surface area (TPSA) is 28.2 Å². The number of hydrogen-bond acceptors (Lipinski definition) is 3. The molecule has 1 fully saturated rings. The molecule has 2 unspecified atom stereocenters. The predicted molar refractivity (Wildman–Crippen MR) is 94.7 cm³/mol. The molecule has 2 heterocycles. The van der Waals surface area contributed by atoms with Crippen LogP contribution in [0.1, 0.15) is 26.7 Å². The van der Waals surface area contributed by atoms with Gasteiger partial charge in [-0.15, -0.1) is 0 Å². The van der Waals surface area contributed by atoms with E-state index in [0.29, 0.717) is 6.04 Å². The highest BCUT2D eigenvalue weighted by Crippen LogP contribution is 2.25. The van der Waals surface area contributed by atoms with Crippen molar-refractivity contribution in [2.75, 3.05) is 25.0 Å². The van der Waals surface area contributed by atoms with E-state index in [1.54, 1.807) is 0 Å². The van der Waals surface area contributed by atoms with Gasteiger partial charge in [0.15, 0.2) is 0 Å². The van der Waals surface area contributed by atoms with Crippen LogP contribution in [0.5, 0.6) is 0 Å². The third-order valence-electron chi connectivity index (χ3n) is 4.67. The smallest absolute Gasteiger partial charge is 0.0737 e. The number of likely N-dealkylation sites (tertiary alicyclic amines) is 1. The standard InChI is InChI=1S/C18H24ClN3/c1-13-3-4-14(2)22(12-13)10-9-21-17-7-8-20-18-11-15(19)5-6-16(17)18/h5-8,11,13-14H,3-4,9-10,12H2,1-2H3,(H,20,21). The van der Waals surface area contributed by atoms with Crippen LogP contribution in [0.4, 0.5) is 5.69 Å². The average molecular weight is 318 g/mol. The van der Waals surface area contributed by atoms with E-state index in [1.807, 2.05) is 30.5 Å². The molecule has 0 saturated carbocycles. The molecule has 3 nitrogen and oxygen atoms in total. The zero-order valence-electron chi connectivity index (χ0n) is 13.3. The molecule has 3 rings (SSSR count). The summed E-state index contributed by atoms with van der Waals surface area (Å²) >= 11 is 6.04. The molecule has 2 atom stereocenters. The number of piperidine rings is 1. The summed E-state index contributed by atoms with van der Waals surface area (Å²) in [6.07, 6.45) is 4.52. The molecule has 0 aliphatic carbocycles. The molecule has 0 radical (unpaired) electrons. The van der Waals surface area contributed by atoms with Gasteiger partial charge in [0, 0.05) is 48.0 Å². The first-order chi connectivity index (χ1) is 10.6. The second-order valence-corrected chi connectivity index (χ2v) is 6.91. The Labute approximate surface area is 137 Å². The molecule has 1 N–H and O–H groups in total. The fourth-order valence-corrected chi connectivity index (χ4v) is 3.47. The lowest BCUT2D eigenvalue weighted by Gasteiger charge is -2.36. The molecule has 1 saturated heterocycles. The minimum Gasteiger partial charge on any atom is -0.383 e. The summed E-state index contributed by atoms with van der Waals surface area (Å²) in [4.78, 5) is 6.99. The van der Waals surface area contributed by atoms with Gasteiger partial charge < -0.3 is 5.32 Å². The zero-order valence-corrected chi connectivity index (χ0v) is 14.1. The Morgan fingerprint density at radius 1 is 1.27 bits per heavy atom. The Bertz CT molecular complexity index is 643. The maximum absolute atomic E-state index is 6.04. The van der Waals surface area contributed by atoms with Crippen LogP contribution >= 0.6 is 11.6 Å². The SMILES string of the molecule is CC1CCC(C)N(CCNc2ccnc3cc(Cl)ccc23)C1. The Kier molecular flexibility index (Phi) is 4.84. The van der Waals surface area contributed by atoms with E-state index < -0.39 is 0 Å². The van der Waals surface area contributed by atoms with E-state index in [-0.39, 0.29) is 0 Å². The third-order valence-corrected chi connectivity index (χ3v) is 4.90. The molecule has 4 heteroatoms. The van der Waals surface area contributed by atoms with Crippen LogP contribution in [-0.4, -0.2) is 35.6 Å². The summed E-state index contributed by atoms with van der Waals surface area (Å²) in [6.45, 7) is 7.96. The van der Waals surface area contributed by atoms with Crippen LogP contribution in [0.25, 0.3) is 10.9 Å². The molecule has 1 aliphatic heterocycles. The first-order valence-corrected chi connectivity index (χ1v) is 8.53. The minimum absolute atomic E-state index is 0.700. The summed E-state index contributed by atoms with van der Waals surface area (Å²) in [7, 11) is 0. The number of nitrogens with one attached hydrogen (secondary N) is 1. The van der Waals surface area contributed by atoms with Gasteiger partial charge in [-0.1, -0.05) is 18.5 Å². The van der Waals surface area contributed by atoms with Crippen LogP contribution in [0.2, 0.25) is 5.02 Å². The largest absolute Gasteiger partial charge is 0.383 e. The summed E-state index contributed by atoms with van der Waals surface area (Å²) in [5.41, 5.74) is 2.08. The fourth-order valence-electron chi connectivity index (χ4n) is 3.30. The molecule has 1 aromatic carbocycles. The summed E-state index contributed by atoms with van der Waals surface area (Å²) < 4.78 is 0. The second-order valence-electron chi connectivity index (χ2n) is 6.47. The Hall–Kier alpha value is -1.32. The van der Waals surface area contributed by atoms with Crippen molar-refractivity contribution in [1.29, 1.82) is 0 Å². The Morgan fingerprint density at radius 2 is 2.14 bits per heavy atom. The van der Waals surface area contributed by atoms with E-state index >= 15 is 0 Å². The van der Waals surface area contributed by atoms with Gasteiger partial charge in [0.05, 0.1) is 5.52 Å². The van der Waals surface area contributed by atoms with Gasteiger partial charge in [0.2, 0.25) is 0 Å². The van der Waals surface area contributed by atoms with E-state index in [2.05, 4.69) is 29.0 Å². The van der Waals surface area contributed by atoms with Crippen molar-refractivity contribution >= 4 is 28.2 Å². The minimum atomic E-state index is 0.700. The number of nitrogens with zero attached hydrogens (tertiary/aromatic N) is 2. The number of halogens is 1. The molecule has 22 heavy (non-hydrogen) atoms. The summed E-state index contributed by atoms with van der Waals surface area (Å²) in [5, 5.41) is 5.43. The molecule has 118 valence electrons. The lowest BCUT2D eigenvalue weighted by molar-refractivity contribution is 0.130. The van der Waals surface area contributed by atoms with Gasteiger partial charge in [-0.3, -0.25) is 9.88 Å². The number of fused-ring (bicyclic) bond motifs is 1. The number of rotatable bonds is 4. The van der Waals surface area contributed by atoms with Gasteiger partial charge in [0.25, 0.3) is 0 Å². The van der Waals surface area contributed by atoms with Crippen LogP contribution in [-0.2, 0) is 0 Å². The third kappa shape index (κ3) is 3.53. The van der Waals surface area contributed by atoms with Crippen LogP contribution < -0.4 is 5.32 Å². The lowest BCUT2D eigenvalue weighted by atomic mass is 9.95. The van der Waals surface area contributed by atoms with E-state index in [9.17, 15) is 0 Å². The predicted octanol–water partition coefficient (Wildman–Crippen LogP) is 4.42. The van der Waals surface area contributed by atoms with Gasteiger partial charge in [-0.2, -0.15) is 0 Å². The van der Waals surface area contributed by atoms with Crippen LogP contribution in [0.3, 0.4) is 0 Å². The molecule has 0 bridgehead atoms. The van der Waals surface area contributed by atoms with Gasteiger partial charge >= 0.3 is 0 Å². The lowest BCUT2D eigenvalue weighted by Crippen LogP contribution is -2.43. The highest BCUT2D eigenvalue weighted by molar-refractivity contribution is 6.31. The quantitative estimate of drug-likeness (QED) is 0.904. The maximum atomic E-state index is 6.04. The first kappa shape index (κ1) is 15.6. The van der Waals surface area contributed by atoms with E-state index in [0.717, 1.165) is 40.6 Å². The van der Waals surface area contributed by atoms with Crippen molar-refractivity contribution in [3.8, 4) is 0 Å². The van der Waals surface area contributed by atoms with Crippen molar-refractivity contribution < 1.29 is 0 Å². The second kappa shape index (κ2) is 6.84. The maximum Gasteiger partial charge on any atom is 0.0737 e. The van der Waals surface area contributed by atoms with Crippen molar-refractivity contribution in [2.45, 2.75) is 32.7 Å². The first-order valence-electron chi connectivity index (χ1n) is 8.15. The summed E-state index contributed by atoms with van der Waals surface area (Å²) in [5.74, 6) is 0.820.